The average molecular weight is 652 g/mol. The first kappa shape index (κ1) is 34.8. The Labute approximate surface area is 285 Å². The van der Waals surface area contributed by atoms with E-state index in [1.165, 1.54) is 37.7 Å². The van der Waals surface area contributed by atoms with Crippen molar-refractivity contribution < 1.29 is 19.1 Å². The lowest BCUT2D eigenvalue weighted by Crippen LogP contribution is -2.67. The molecular weight excluding hydrogens is 586 g/mol. The number of carbonyl (C=O) groups is 3. The van der Waals surface area contributed by atoms with Gasteiger partial charge in [0.15, 0.2) is 5.78 Å². The van der Waals surface area contributed by atoms with Crippen LogP contribution in [-0.2, 0) is 9.53 Å². The fraction of sp³-hybridized carbons (Fsp3) is 0.875. The average Bonchev–Trinajstić information content (AvgIpc) is 3.24. The summed E-state index contributed by atoms with van der Waals surface area (Å²) in [5.41, 5.74) is 2.95. The Morgan fingerprint density at radius 1 is 0.809 bits per heavy atom. The Balaban J connectivity index is 1.17. The predicted octanol–water partition coefficient (Wildman–Crippen LogP) is 8.62. The van der Waals surface area contributed by atoms with E-state index in [9.17, 15) is 14.4 Å². The second kappa shape index (κ2) is 11.2. The van der Waals surface area contributed by atoms with E-state index in [-0.39, 0.29) is 45.2 Å². The maximum Gasteiger partial charge on any atom is 0.410 e. The minimum absolute atomic E-state index is 0.00906. The van der Waals surface area contributed by atoms with E-state index in [1.807, 2.05) is 25.7 Å². The minimum Gasteiger partial charge on any atom is -0.444 e. The molecule has 6 aliphatic rings. The second-order valence-corrected chi connectivity index (χ2v) is 19.6. The van der Waals surface area contributed by atoms with Gasteiger partial charge in [-0.05, 0) is 128 Å². The largest absolute Gasteiger partial charge is 0.444 e. The Hall–Kier alpha value is -2.05. The molecule has 0 aromatic carbocycles. The van der Waals surface area contributed by atoms with Crippen molar-refractivity contribution in [2.45, 2.75) is 146 Å². The molecule has 1 saturated heterocycles. The van der Waals surface area contributed by atoms with Crippen LogP contribution in [0.25, 0.3) is 0 Å². The second-order valence-electron chi connectivity index (χ2n) is 19.6. The van der Waals surface area contributed by atoms with E-state index in [0.29, 0.717) is 55.6 Å². The number of piperazine rings is 1. The first-order chi connectivity index (χ1) is 21.7. The summed E-state index contributed by atoms with van der Waals surface area (Å²) in [6.07, 6.45) is 9.85. The molecule has 1 heterocycles. The van der Waals surface area contributed by atoms with E-state index in [0.717, 1.165) is 25.7 Å². The monoisotopic (exact) mass is 651 g/mol. The molecule has 1 N–H and O–H groups in total. The van der Waals surface area contributed by atoms with Crippen LogP contribution in [0.2, 0.25) is 0 Å². The zero-order chi connectivity index (χ0) is 34.5. The highest BCUT2D eigenvalue weighted by Gasteiger charge is 2.69. The van der Waals surface area contributed by atoms with Crippen molar-refractivity contribution in [1.82, 2.24) is 15.1 Å². The van der Waals surface area contributed by atoms with Crippen LogP contribution in [0.5, 0.6) is 0 Å². The number of ether oxygens (including phenoxy) is 1. The van der Waals surface area contributed by atoms with Crippen LogP contribution in [0.1, 0.15) is 134 Å². The number of hydrogen-bond donors (Lipinski definition) is 1. The Morgan fingerprint density at radius 2 is 1.45 bits per heavy atom. The van der Waals surface area contributed by atoms with Gasteiger partial charge in [-0.25, -0.2) is 9.59 Å². The number of nitrogens with zero attached hydrogens (tertiary/aromatic N) is 2. The van der Waals surface area contributed by atoms with Crippen molar-refractivity contribution in [2.75, 3.05) is 26.2 Å². The first-order valence-corrected chi connectivity index (χ1v) is 19.0. The molecule has 0 spiro atoms. The van der Waals surface area contributed by atoms with Crippen molar-refractivity contribution in [3.05, 3.63) is 11.1 Å². The third-order valence-corrected chi connectivity index (χ3v) is 15.3. The van der Waals surface area contributed by atoms with Crippen molar-refractivity contribution in [1.29, 1.82) is 0 Å². The SMILES string of the molecule is CC(C)C1=C2[C@H]3CC[C@@H]4[C@@]5(C)CCC(NC(=O)N6CCN(C(=O)OC(C)(C)C)CC6)C(C)(C)[C@@H]5CC[C@@]4(C)[C@]3(C)CC[C@@]2(C)CC1=O. The molecule has 6 rings (SSSR count). The van der Waals surface area contributed by atoms with Gasteiger partial charge in [0.05, 0.1) is 0 Å². The molecule has 7 nitrogen and oxygen atoms in total. The fourth-order valence-corrected chi connectivity index (χ4v) is 12.8. The van der Waals surface area contributed by atoms with Crippen molar-refractivity contribution in [2.24, 2.45) is 50.7 Å². The Morgan fingerprint density at radius 3 is 2.06 bits per heavy atom. The summed E-state index contributed by atoms with van der Waals surface area (Å²) in [6.45, 7) is 27.3. The lowest BCUT2D eigenvalue weighted by Gasteiger charge is -2.72. The molecule has 1 unspecified atom stereocenters. The van der Waals surface area contributed by atoms with Crippen molar-refractivity contribution in [3.63, 3.8) is 0 Å². The van der Waals surface area contributed by atoms with E-state index < -0.39 is 5.60 Å². The van der Waals surface area contributed by atoms with E-state index in [1.54, 1.807) is 10.5 Å². The molecule has 0 aromatic heterocycles. The van der Waals surface area contributed by atoms with Gasteiger partial charge < -0.3 is 19.9 Å². The molecule has 264 valence electrons. The van der Waals surface area contributed by atoms with E-state index in [4.69, 9.17) is 4.74 Å². The van der Waals surface area contributed by atoms with Crippen LogP contribution < -0.4 is 5.32 Å². The third kappa shape index (κ3) is 5.29. The smallest absolute Gasteiger partial charge is 0.410 e. The third-order valence-electron chi connectivity index (χ3n) is 15.3. The first-order valence-electron chi connectivity index (χ1n) is 19.0. The predicted molar refractivity (Wildman–Crippen MR) is 187 cm³/mol. The molecule has 4 saturated carbocycles. The number of amides is 3. The van der Waals surface area contributed by atoms with Crippen LogP contribution in [-0.4, -0.2) is 65.5 Å². The van der Waals surface area contributed by atoms with Crippen LogP contribution in [0, 0.1) is 50.7 Å². The number of ketones is 1. The summed E-state index contributed by atoms with van der Waals surface area (Å²) in [5.74, 6) is 2.45. The van der Waals surface area contributed by atoms with Gasteiger partial charge in [-0.3, -0.25) is 4.79 Å². The summed E-state index contributed by atoms with van der Waals surface area (Å²) in [4.78, 5) is 43.2. The number of fused-ring (bicyclic) bond motifs is 7. The van der Waals surface area contributed by atoms with Gasteiger partial charge in [0.25, 0.3) is 0 Å². The minimum atomic E-state index is -0.524. The van der Waals surface area contributed by atoms with Crippen LogP contribution in [0.3, 0.4) is 0 Å². The summed E-state index contributed by atoms with van der Waals surface area (Å²) in [6, 6.07) is 0.140. The van der Waals surface area contributed by atoms with Crippen molar-refractivity contribution >= 4 is 17.9 Å². The number of carbonyl (C=O) groups excluding carboxylic acids is 3. The molecule has 5 aliphatic carbocycles. The molecule has 3 amide bonds. The molecule has 5 fully saturated rings. The number of allylic oxidation sites excluding steroid dienone is 2. The zero-order valence-corrected chi connectivity index (χ0v) is 31.6. The number of hydrogen-bond acceptors (Lipinski definition) is 4. The maximum atomic E-state index is 13.6. The molecule has 0 bridgehead atoms. The summed E-state index contributed by atoms with van der Waals surface area (Å²) in [7, 11) is 0. The van der Waals surface area contributed by atoms with Crippen LogP contribution in [0.4, 0.5) is 9.59 Å². The lowest BCUT2D eigenvalue weighted by molar-refractivity contribution is -0.215. The van der Waals surface area contributed by atoms with Gasteiger partial charge in [-0.2, -0.15) is 0 Å². The topological polar surface area (TPSA) is 79.0 Å². The normalized spacial score (nSPS) is 41.6. The molecular formula is C40H65N3O4. The number of urea groups is 1. The quantitative estimate of drug-likeness (QED) is 0.324. The van der Waals surface area contributed by atoms with E-state index in [2.05, 4.69) is 60.7 Å². The maximum absolute atomic E-state index is 13.6. The van der Waals surface area contributed by atoms with Crippen LogP contribution >= 0.6 is 0 Å². The molecule has 0 radical (unpaired) electrons. The van der Waals surface area contributed by atoms with Gasteiger partial charge in [-0.1, -0.05) is 61.0 Å². The van der Waals surface area contributed by atoms with Gasteiger partial charge in [0.1, 0.15) is 5.60 Å². The number of rotatable bonds is 2. The highest BCUT2D eigenvalue weighted by Crippen LogP contribution is 2.76. The molecule has 8 atom stereocenters. The summed E-state index contributed by atoms with van der Waals surface area (Å²) >= 11 is 0. The van der Waals surface area contributed by atoms with Crippen LogP contribution in [0.15, 0.2) is 11.1 Å². The zero-order valence-electron chi connectivity index (χ0n) is 31.6. The Bertz CT molecular complexity index is 1340. The Kier molecular flexibility index (Phi) is 8.32. The van der Waals surface area contributed by atoms with E-state index >= 15 is 0 Å². The fourth-order valence-electron chi connectivity index (χ4n) is 12.8. The molecule has 0 aromatic rings. The number of nitrogens with one attached hydrogen (secondary N) is 1. The van der Waals surface area contributed by atoms with Gasteiger partial charge in [0, 0.05) is 38.6 Å². The lowest BCUT2D eigenvalue weighted by atomic mass is 9.33. The molecule has 47 heavy (non-hydrogen) atoms. The summed E-state index contributed by atoms with van der Waals surface area (Å²) < 4.78 is 5.55. The van der Waals surface area contributed by atoms with Gasteiger partial charge >= 0.3 is 12.1 Å². The summed E-state index contributed by atoms with van der Waals surface area (Å²) in [5, 5.41) is 3.51. The number of Topliss-reactive ketones (excluding diaryl/α,β-unsaturated/α-hetero) is 1. The van der Waals surface area contributed by atoms with Gasteiger partial charge in [0.2, 0.25) is 0 Å². The highest BCUT2D eigenvalue weighted by atomic mass is 16.6. The van der Waals surface area contributed by atoms with Gasteiger partial charge in [-0.15, -0.1) is 0 Å². The van der Waals surface area contributed by atoms with Crippen molar-refractivity contribution in [3.8, 4) is 0 Å². The molecule has 7 heteroatoms. The standard InChI is InChI=1S/C40H65N3O4/c1-25(2)31-27(44)24-37(8)18-19-39(10)26(32(31)37)12-13-29-38(9)16-15-30(36(6,7)28(38)14-17-40(29,39)11)41-33(45)42-20-22-43(23-21-42)34(46)47-35(3,4)5/h25-26,28-30H,12-24H2,1-11H3,(H,41,45)/t26-,28+,29-,30?,37+,38+,39-,40-/m1/s1. The highest BCUT2D eigenvalue weighted by molar-refractivity contribution is 6.00. The molecule has 1 aliphatic heterocycles.